The molecule has 0 aromatic carbocycles. The molecule has 1 saturated heterocycles. The average molecular weight is 328 g/mol. The fraction of sp³-hybridized carbons (Fsp3) is 0.444. The van der Waals surface area contributed by atoms with Crippen LogP contribution in [0.4, 0.5) is 0 Å². The molecule has 3 heterocycles. The van der Waals surface area contributed by atoms with Crippen LogP contribution in [0.3, 0.4) is 0 Å². The second-order valence-corrected chi connectivity index (χ2v) is 5.93. The Morgan fingerprint density at radius 3 is 2.96 bits per heavy atom. The lowest BCUT2D eigenvalue weighted by Gasteiger charge is -2.32. The zero-order chi connectivity index (χ0) is 16.9. The number of hydrogen-bond donors (Lipinski definition) is 1. The highest BCUT2D eigenvalue weighted by Crippen LogP contribution is 2.21. The highest BCUT2D eigenvalue weighted by Gasteiger charge is 2.21. The van der Waals surface area contributed by atoms with Gasteiger partial charge in [-0.05, 0) is 45.0 Å². The summed E-state index contributed by atoms with van der Waals surface area (Å²) in [5.41, 5.74) is 4.81. The first-order chi connectivity index (χ1) is 11.7. The molecule has 1 aliphatic rings. The smallest absolute Gasteiger partial charge is 0.340 e. The van der Waals surface area contributed by atoms with Gasteiger partial charge in [-0.1, -0.05) is 6.08 Å². The topological polar surface area (TPSA) is 59.4 Å². The van der Waals surface area contributed by atoms with E-state index < -0.39 is 0 Å². The van der Waals surface area contributed by atoms with E-state index in [1.807, 2.05) is 30.7 Å². The fourth-order valence-electron chi connectivity index (χ4n) is 3.11. The van der Waals surface area contributed by atoms with E-state index in [2.05, 4.69) is 27.6 Å². The number of esters is 1. The molecule has 1 N–H and O–H groups in total. The van der Waals surface area contributed by atoms with Crippen LogP contribution < -0.4 is 5.43 Å². The van der Waals surface area contributed by atoms with Gasteiger partial charge in [0.1, 0.15) is 0 Å². The second-order valence-electron chi connectivity index (χ2n) is 5.93. The van der Waals surface area contributed by atoms with Gasteiger partial charge in [-0.15, -0.1) is 0 Å². The molecule has 0 radical (unpaired) electrons. The summed E-state index contributed by atoms with van der Waals surface area (Å²) in [5.74, 6) is -0.307. The predicted octanol–water partition coefficient (Wildman–Crippen LogP) is 2.75. The molecular formula is C18H24N4O2. The van der Waals surface area contributed by atoms with Crippen LogP contribution in [0.15, 0.2) is 36.8 Å². The molecule has 24 heavy (non-hydrogen) atoms. The van der Waals surface area contributed by atoms with Crippen LogP contribution in [-0.4, -0.2) is 46.3 Å². The SMILES string of the molecule is CC=CN1CCC(Nn2cc(C(=O)OCC)c3cccnc32)CC1. The first-order valence-electron chi connectivity index (χ1n) is 8.49. The van der Waals surface area contributed by atoms with Gasteiger partial charge in [-0.2, -0.15) is 0 Å². The number of nitrogens with one attached hydrogen (secondary N) is 1. The summed E-state index contributed by atoms with van der Waals surface area (Å²) >= 11 is 0. The fourth-order valence-corrected chi connectivity index (χ4v) is 3.11. The number of nitrogens with zero attached hydrogens (tertiary/aromatic N) is 3. The van der Waals surface area contributed by atoms with Gasteiger partial charge in [0.25, 0.3) is 0 Å². The third kappa shape index (κ3) is 3.37. The molecule has 0 unspecified atom stereocenters. The zero-order valence-electron chi connectivity index (χ0n) is 14.2. The number of carbonyl (C=O) groups is 1. The Bertz CT molecular complexity index is 730. The van der Waals surface area contributed by atoms with Crippen LogP contribution in [0.1, 0.15) is 37.0 Å². The van der Waals surface area contributed by atoms with Crippen molar-refractivity contribution in [3.8, 4) is 0 Å². The van der Waals surface area contributed by atoms with Crippen molar-refractivity contribution in [2.75, 3.05) is 25.1 Å². The molecule has 128 valence electrons. The van der Waals surface area contributed by atoms with Crippen LogP contribution in [0.25, 0.3) is 11.0 Å². The van der Waals surface area contributed by atoms with E-state index in [1.54, 1.807) is 12.4 Å². The van der Waals surface area contributed by atoms with Crippen LogP contribution in [0, 0.1) is 0 Å². The number of hydrogen-bond acceptors (Lipinski definition) is 5. The van der Waals surface area contributed by atoms with Gasteiger partial charge in [0.2, 0.25) is 0 Å². The van der Waals surface area contributed by atoms with Crippen molar-refractivity contribution in [3.05, 3.63) is 42.4 Å². The second kappa shape index (κ2) is 7.38. The molecule has 2 aromatic rings. The number of piperidine rings is 1. The van der Waals surface area contributed by atoms with Gasteiger partial charge in [0.05, 0.1) is 12.2 Å². The first kappa shape index (κ1) is 16.4. The summed E-state index contributed by atoms with van der Waals surface area (Å²) in [6, 6.07) is 4.10. The lowest BCUT2D eigenvalue weighted by Crippen LogP contribution is -2.39. The summed E-state index contributed by atoms with van der Waals surface area (Å²) in [5, 5.41) is 0.815. The van der Waals surface area contributed by atoms with Crippen LogP contribution >= 0.6 is 0 Å². The lowest BCUT2D eigenvalue weighted by atomic mass is 10.1. The van der Waals surface area contributed by atoms with Crippen LogP contribution in [0.5, 0.6) is 0 Å². The van der Waals surface area contributed by atoms with Gasteiger partial charge in [-0.25, -0.2) is 14.5 Å². The predicted molar refractivity (Wildman–Crippen MR) is 94.5 cm³/mol. The number of rotatable bonds is 5. The largest absolute Gasteiger partial charge is 0.462 e. The van der Waals surface area contributed by atoms with Crippen LogP contribution in [0.2, 0.25) is 0 Å². The molecule has 0 atom stereocenters. The van der Waals surface area contributed by atoms with Crippen molar-refractivity contribution < 1.29 is 9.53 Å². The number of fused-ring (bicyclic) bond motifs is 1. The van der Waals surface area contributed by atoms with Crippen molar-refractivity contribution in [3.63, 3.8) is 0 Å². The van der Waals surface area contributed by atoms with E-state index >= 15 is 0 Å². The van der Waals surface area contributed by atoms with Gasteiger partial charge < -0.3 is 15.1 Å². The van der Waals surface area contributed by atoms with E-state index in [1.165, 1.54) is 0 Å². The number of ether oxygens (including phenoxy) is 1. The summed E-state index contributed by atoms with van der Waals surface area (Å²) < 4.78 is 7.03. The Hall–Kier alpha value is -2.50. The normalized spacial score (nSPS) is 16.0. The van der Waals surface area contributed by atoms with E-state index in [4.69, 9.17) is 4.74 Å². The van der Waals surface area contributed by atoms with Crippen LogP contribution in [-0.2, 0) is 4.74 Å². The standard InChI is InChI=1S/C18H24N4O2/c1-3-10-21-11-7-14(8-12-21)20-22-13-16(18(23)24-4-2)15-6-5-9-19-17(15)22/h3,5-6,9-10,13-14,20H,4,7-8,11-12H2,1-2H3. The quantitative estimate of drug-likeness (QED) is 0.855. The molecule has 1 aliphatic heterocycles. The van der Waals surface area contributed by atoms with Crippen molar-refractivity contribution in [1.82, 2.24) is 14.6 Å². The maximum atomic E-state index is 12.2. The Morgan fingerprint density at radius 1 is 1.46 bits per heavy atom. The Balaban J connectivity index is 1.79. The number of aromatic nitrogens is 2. The molecule has 0 amide bonds. The van der Waals surface area contributed by atoms with Crippen molar-refractivity contribution in [2.45, 2.75) is 32.7 Å². The monoisotopic (exact) mass is 328 g/mol. The number of allylic oxidation sites excluding steroid dienone is 1. The molecule has 0 bridgehead atoms. The average Bonchev–Trinajstić information content (AvgIpc) is 2.96. The molecular weight excluding hydrogens is 304 g/mol. The Morgan fingerprint density at radius 2 is 2.25 bits per heavy atom. The number of likely N-dealkylation sites (tertiary alicyclic amines) is 1. The summed E-state index contributed by atoms with van der Waals surface area (Å²) in [7, 11) is 0. The molecule has 6 nitrogen and oxygen atoms in total. The highest BCUT2D eigenvalue weighted by atomic mass is 16.5. The van der Waals surface area contributed by atoms with Gasteiger partial charge >= 0.3 is 5.97 Å². The van der Waals surface area contributed by atoms with Crippen molar-refractivity contribution >= 4 is 17.0 Å². The van der Waals surface area contributed by atoms with E-state index in [0.29, 0.717) is 18.2 Å². The minimum absolute atomic E-state index is 0.307. The van der Waals surface area contributed by atoms with E-state index in [9.17, 15) is 4.79 Å². The van der Waals surface area contributed by atoms with E-state index in [0.717, 1.165) is 37.0 Å². The molecule has 3 rings (SSSR count). The molecule has 0 spiro atoms. The van der Waals surface area contributed by atoms with Gasteiger partial charge in [0, 0.05) is 36.9 Å². The molecule has 0 saturated carbocycles. The minimum atomic E-state index is -0.307. The first-order valence-corrected chi connectivity index (χ1v) is 8.49. The number of pyridine rings is 1. The van der Waals surface area contributed by atoms with Crippen molar-refractivity contribution in [2.24, 2.45) is 0 Å². The van der Waals surface area contributed by atoms with Gasteiger partial charge in [0.15, 0.2) is 5.65 Å². The summed E-state index contributed by atoms with van der Waals surface area (Å²) in [4.78, 5) is 18.9. The lowest BCUT2D eigenvalue weighted by molar-refractivity contribution is 0.0528. The maximum absolute atomic E-state index is 12.2. The molecule has 0 aliphatic carbocycles. The summed E-state index contributed by atoms with van der Waals surface area (Å²) in [6.07, 6.45) is 9.85. The summed E-state index contributed by atoms with van der Waals surface area (Å²) in [6.45, 7) is 6.27. The third-order valence-electron chi connectivity index (χ3n) is 4.27. The van der Waals surface area contributed by atoms with Gasteiger partial charge in [-0.3, -0.25) is 0 Å². The molecule has 1 fully saturated rings. The van der Waals surface area contributed by atoms with Crippen molar-refractivity contribution in [1.29, 1.82) is 0 Å². The number of carbonyl (C=O) groups excluding carboxylic acids is 1. The zero-order valence-corrected chi connectivity index (χ0v) is 14.2. The third-order valence-corrected chi connectivity index (χ3v) is 4.27. The maximum Gasteiger partial charge on any atom is 0.340 e. The minimum Gasteiger partial charge on any atom is -0.462 e. The molecule has 6 heteroatoms. The molecule has 2 aromatic heterocycles. The van der Waals surface area contributed by atoms with E-state index in [-0.39, 0.29) is 5.97 Å². The Labute approximate surface area is 142 Å². The Kier molecular flexibility index (Phi) is 5.03. The highest BCUT2D eigenvalue weighted by molar-refractivity contribution is 6.03.